The highest BCUT2D eigenvalue weighted by molar-refractivity contribution is 6.41. The number of nitrogens with one attached hydrogen (secondary N) is 2. The van der Waals surface area contributed by atoms with Crippen LogP contribution in [0, 0.1) is 6.92 Å². The van der Waals surface area contributed by atoms with E-state index >= 15 is 0 Å². The number of nitrogens with zero attached hydrogens (tertiary/aromatic N) is 1. The Balaban J connectivity index is 1.53. The number of benzene rings is 3. The quantitative estimate of drug-likeness (QED) is 0.208. The van der Waals surface area contributed by atoms with E-state index in [-0.39, 0.29) is 0 Å². The van der Waals surface area contributed by atoms with Gasteiger partial charge in [-0.05, 0) is 60.5 Å². The fourth-order valence-corrected chi connectivity index (χ4v) is 2.73. The van der Waals surface area contributed by atoms with Crippen LogP contribution in [0.5, 0.6) is 5.75 Å². The third-order valence-corrected chi connectivity index (χ3v) is 4.49. The van der Waals surface area contributed by atoms with Crippen molar-refractivity contribution in [2.24, 2.45) is 5.10 Å². The van der Waals surface area contributed by atoms with E-state index in [1.165, 1.54) is 6.21 Å². The van der Waals surface area contributed by atoms with Crippen LogP contribution in [0.25, 0.3) is 0 Å². The molecule has 0 aliphatic carbocycles. The lowest BCUT2D eigenvalue weighted by molar-refractivity contribution is -0.136. The minimum atomic E-state index is -0.944. The number of hydrogen-bond donors (Lipinski definition) is 2. The Hall–Kier alpha value is -3.97. The maximum Gasteiger partial charge on any atom is 0.343 e. The van der Waals surface area contributed by atoms with Crippen molar-refractivity contribution >= 4 is 41.3 Å². The van der Waals surface area contributed by atoms with E-state index in [0.29, 0.717) is 27.6 Å². The summed E-state index contributed by atoms with van der Waals surface area (Å²) in [6, 6.07) is 20.2. The van der Waals surface area contributed by atoms with Crippen molar-refractivity contribution in [1.29, 1.82) is 0 Å². The molecule has 3 aromatic rings. The summed E-state index contributed by atoms with van der Waals surface area (Å²) in [4.78, 5) is 36.0. The first-order chi connectivity index (χ1) is 14.9. The van der Waals surface area contributed by atoms with Gasteiger partial charge in [-0.1, -0.05) is 41.9 Å². The lowest BCUT2D eigenvalue weighted by Crippen LogP contribution is -2.32. The van der Waals surface area contributed by atoms with E-state index in [2.05, 4.69) is 15.8 Å². The SMILES string of the molecule is Cc1ccccc1C(=O)Oc1ccc(/C=N\NC(=O)C(=O)Nc2ccccc2Cl)cc1. The summed E-state index contributed by atoms with van der Waals surface area (Å²) < 4.78 is 5.36. The van der Waals surface area contributed by atoms with E-state index in [1.54, 1.807) is 60.7 Å². The molecule has 3 rings (SSSR count). The van der Waals surface area contributed by atoms with Gasteiger partial charge in [0.05, 0.1) is 22.5 Å². The molecule has 2 amide bonds. The molecule has 0 heterocycles. The van der Waals surface area contributed by atoms with Gasteiger partial charge in [-0.15, -0.1) is 0 Å². The number of aryl methyl sites for hydroxylation is 1. The first kappa shape index (κ1) is 21.7. The zero-order chi connectivity index (χ0) is 22.2. The van der Waals surface area contributed by atoms with Crippen molar-refractivity contribution in [2.75, 3.05) is 5.32 Å². The Morgan fingerprint density at radius 1 is 0.903 bits per heavy atom. The summed E-state index contributed by atoms with van der Waals surface area (Å²) in [5.41, 5.74) is 4.40. The van der Waals surface area contributed by atoms with Gasteiger partial charge in [0.2, 0.25) is 0 Å². The maximum atomic E-state index is 12.2. The standard InChI is InChI=1S/C23H18ClN3O4/c1-15-6-2-3-7-18(15)23(30)31-17-12-10-16(11-13-17)14-25-27-22(29)21(28)26-20-9-5-4-8-19(20)24/h2-14H,1H3,(H,26,28)(H,27,29)/b25-14-. The lowest BCUT2D eigenvalue weighted by atomic mass is 10.1. The molecule has 7 nitrogen and oxygen atoms in total. The summed E-state index contributed by atoms with van der Waals surface area (Å²) in [7, 11) is 0. The van der Waals surface area contributed by atoms with Gasteiger partial charge in [0.25, 0.3) is 0 Å². The minimum absolute atomic E-state index is 0.315. The van der Waals surface area contributed by atoms with E-state index in [0.717, 1.165) is 5.56 Å². The molecule has 8 heteroatoms. The zero-order valence-corrected chi connectivity index (χ0v) is 17.2. The summed E-state index contributed by atoms with van der Waals surface area (Å²) >= 11 is 5.94. The number of amides is 2. The largest absolute Gasteiger partial charge is 0.423 e. The lowest BCUT2D eigenvalue weighted by Gasteiger charge is -2.07. The van der Waals surface area contributed by atoms with Crippen LogP contribution in [0.2, 0.25) is 5.02 Å². The van der Waals surface area contributed by atoms with Crippen molar-refractivity contribution in [3.05, 3.63) is 94.5 Å². The maximum absolute atomic E-state index is 12.2. The molecule has 0 bridgehead atoms. The summed E-state index contributed by atoms with van der Waals surface area (Å²) in [5, 5.41) is 6.46. The van der Waals surface area contributed by atoms with Crippen molar-refractivity contribution in [3.8, 4) is 5.75 Å². The topological polar surface area (TPSA) is 96.9 Å². The second-order valence-corrected chi connectivity index (χ2v) is 6.81. The molecule has 0 atom stereocenters. The molecule has 0 saturated carbocycles. The van der Waals surface area contributed by atoms with E-state index < -0.39 is 17.8 Å². The number of hydrogen-bond acceptors (Lipinski definition) is 5. The smallest absolute Gasteiger partial charge is 0.343 e. The normalized spacial score (nSPS) is 10.5. The number of halogens is 1. The molecular weight excluding hydrogens is 418 g/mol. The Morgan fingerprint density at radius 3 is 2.29 bits per heavy atom. The highest BCUT2D eigenvalue weighted by Gasteiger charge is 2.14. The minimum Gasteiger partial charge on any atom is -0.423 e. The van der Waals surface area contributed by atoms with Crippen LogP contribution in [-0.2, 0) is 9.59 Å². The summed E-state index contributed by atoms with van der Waals surface area (Å²) in [6.45, 7) is 1.83. The monoisotopic (exact) mass is 435 g/mol. The number of carbonyl (C=O) groups excluding carboxylic acids is 3. The van der Waals surface area contributed by atoms with Crippen LogP contribution in [0.4, 0.5) is 5.69 Å². The summed E-state index contributed by atoms with van der Waals surface area (Å²) in [6.07, 6.45) is 1.35. The molecule has 0 aliphatic heterocycles. The van der Waals surface area contributed by atoms with Crippen LogP contribution in [0.15, 0.2) is 77.9 Å². The highest BCUT2D eigenvalue weighted by Crippen LogP contribution is 2.20. The van der Waals surface area contributed by atoms with E-state index in [1.807, 2.05) is 19.1 Å². The Morgan fingerprint density at radius 2 is 1.58 bits per heavy atom. The van der Waals surface area contributed by atoms with Crippen LogP contribution in [-0.4, -0.2) is 24.0 Å². The highest BCUT2D eigenvalue weighted by atomic mass is 35.5. The molecule has 0 spiro atoms. The molecule has 2 N–H and O–H groups in total. The molecule has 31 heavy (non-hydrogen) atoms. The van der Waals surface area contributed by atoms with Gasteiger partial charge in [-0.2, -0.15) is 5.10 Å². The van der Waals surface area contributed by atoms with Gasteiger partial charge in [0.1, 0.15) is 5.75 Å². The fourth-order valence-electron chi connectivity index (χ4n) is 2.54. The molecule has 0 fully saturated rings. The average Bonchev–Trinajstić information content (AvgIpc) is 2.76. The first-order valence-electron chi connectivity index (χ1n) is 9.21. The Labute approximate surface area is 183 Å². The number of hydrazone groups is 1. The van der Waals surface area contributed by atoms with Crippen molar-refractivity contribution in [2.45, 2.75) is 6.92 Å². The van der Waals surface area contributed by atoms with Gasteiger partial charge < -0.3 is 10.1 Å². The Bertz CT molecular complexity index is 1140. The van der Waals surface area contributed by atoms with Gasteiger partial charge in [0, 0.05) is 0 Å². The van der Waals surface area contributed by atoms with Crippen LogP contribution in [0.3, 0.4) is 0 Å². The van der Waals surface area contributed by atoms with Crippen molar-refractivity contribution in [3.63, 3.8) is 0 Å². The summed E-state index contributed by atoms with van der Waals surface area (Å²) in [5.74, 6) is -1.92. The Kier molecular flexibility index (Phi) is 7.13. The first-order valence-corrected chi connectivity index (χ1v) is 9.58. The van der Waals surface area contributed by atoms with Crippen molar-refractivity contribution < 1.29 is 19.1 Å². The molecule has 0 saturated heterocycles. The average molecular weight is 436 g/mol. The molecule has 0 aromatic heterocycles. The van der Waals surface area contributed by atoms with Gasteiger partial charge in [-0.25, -0.2) is 10.2 Å². The molecule has 0 radical (unpaired) electrons. The molecule has 0 unspecified atom stereocenters. The number of esters is 1. The number of ether oxygens (including phenoxy) is 1. The molecule has 156 valence electrons. The third-order valence-electron chi connectivity index (χ3n) is 4.16. The molecule has 0 aliphatic rings. The number of para-hydroxylation sites is 1. The van der Waals surface area contributed by atoms with E-state index in [4.69, 9.17) is 16.3 Å². The number of carbonyl (C=O) groups is 3. The van der Waals surface area contributed by atoms with E-state index in [9.17, 15) is 14.4 Å². The third kappa shape index (κ3) is 6.01. The second kappa shape index (κ2) is 10.2. The van der Waals surface area contributed by atoms with Crippen LogP contribution in [0.1, 0.15) is 21.5 Å². The predicted molar refractivity (Wildman–Crippen MR) is 118 cm³/mol. The van der Waals surface area contributed by atoms with Gasteiger partial charge in [-0.3, -0.25) is 9.59 Å². The fraction of sp³-hybridized carbons (Fsp3) is 0.0435. The van der Waals surface area contributed by atoms with Crippen molar-refractivity contribution in [1.82, 2.24) is 5.43 Å². The molecular formula is C23H18ClN3O4. The molecule has 3 aromatic carbocycles. The van der Waals surface area contributed by atoms with Crippen LogP contribution < -0.4 is 15.5 Å². The number of rotatable bonds is 5. The van der Waals surface area contributed by atoms with Gasteiger partial charge in [0.15, 0.2) is 0 Å². The van der Waals surface area contributed by atoms with Crippen LogP contribution >= 0.6 is 11.6 Å². The zero-order valence-electron chi connectivity index (χ0n) is 16.5. The second-order valence-electron chi connectivity index (χ2n) is 6.41. The predicted octanol–water partition coefficient (Wildman–Crippen LogP) is 3.96. The van der Waals surface area contributed by atoms with Gasteiger partial charge >= 0.3 is 17.8 Å². The number of anilines is 1.